The number of aromatic nitrogens is 1. The van der Waals surface area contributed by atoms with Crippen molar-refractivity contribution in [1.29, 1.82) is 0 Å². The Labute approximate surface area is 152 Å². The van der Waals surface area contributed by atoms with Crippen molar-refractivity contribution >= 4 is 29.7 Å². The van der Waals surface area contributed by atoms with Crippen LogP contribution in [0.2, 0.25) is 0 Å². The molecule has 0 aromatic carbocycles. The predicted octanol–water partition coefficient (Wildman–Crippen LogP) is 2.00. The molecule has 3 heterocycles. The molecule has 0 bridgehead atoms. The Morgan fingerprint density at radius 1 is 1.46 bits per heavy atom. The minimum atomic E-state index is 0. The first-order chi connectivity index (χ1) is 11.1. The Morgan fingerprint density at radius 2 is 2.21 bits per heavy atom. The van der Waals surface area contributed by atoms with Gasteiger partial charge in [0.2, 0.25) is 11.8 Å². The van der Waals surface area contributed by atoms with Gasteiger partial charge in [-0.3, -0.25) is 9.69 Å². The van der Waals surface area contributed by atoms with E-state index < -0.39 is 0 Å². The lowest BCUT2D eigenvalue weighted by Gasteiger charge is -2.29. The van der Waals surface area contributed by atoms with Crippen molar-refractivity contribution in [1.82, 2.24) is 20.1 Å². The number of likely N-dealkylation sites (N-methyl/N-ethyl adjacent to an activating group) is 1. The third kappa shape index (κ3) is 4.57. The van der Waals surface area contributed by atoms with Crippen LogP contribution in [0.4, 0.5) is 0 Å². The fourth-order valence-corrected chi connectivity index (χ4v) is 3.29. The summed E-state index contributed by atoms with van der Waals surface area (Å²) in [5.74, 6) is 1.65. The van der Waals surface area contributed by atoms with E-state index in [1.54, 1.807) is 11.3 Å². The molecule has 3 rings (SSSR count). The lowest BCUT2D eigenvalue weighted by molar-refractivity contribution is -0.132. The largest absolute Gasteiger partial charge is 0.440 e. The van der Waals surface area contributed by atoms with E-state index in [9.17, 15) is 4.79 Å². The van der Waals surface area contributed by atoms with E-state index in [0.29, 0.717) is 19.0 Å². The summed E-state index contributed by atoms with van der Waals surface area (Å²) in [6.07, 6.45) is 0. The number of amides is 1. The van der Waals surface area contributed by atoms with Gasteiger partial charge in [-0.05, 0) is 25.4 Å². The van der Waals surface area contributed by atoms with Crippen molar-refractivity contribution in [2.45, 2.75) is 13.5 Å². The van der Waals surface area contributed by atoms with E-state index in [1.165, 1.54) is 0 Å². The molecule has 1 fully saturated rings. The molecule has 2 aromatic heterocycles. The van der Waals surface area contributed by atoms with E-state index in [1.807, 2.05) is 41.3 Å². The van der Waals surface area contributed by atoms with Crippen LogP contribution in [0.1, 0.15) is 11.5 Å². The van der Waals surface area contributed by atoms with Crippen molar-refractivity contribution in [3.05, 3.63) is 29.0 Å². The van der Waals surface area contributed by atoms with Gasteiger partial charge in [-0.15, -0.1) is 23.7 Å². The molecule has 0 radical (unpaired) electrons. The topological polar surface area (TPSA) is 61.6 Å². The molecule has 2 aromatic rings. The number of hydrogen-bond donors (Lipinski definition) is 1. The number of rotatable bonds is 5. The summed E-state index contributed by atoms with van der Waals surface area (Å²) in [7, 11) is 1.94. The van der Waals surface area contributed by atoms with Gasteiger partial charge in [0.15, 0.2) is 0 Å². The number of thiophene rings is 1. The molecule has 1 aliphatic rings. The highest BCUT2D eigenvalue weighted by Crippen LogP contribution is 2.26. The number of carbonyl (C=O) groups excluding carboxylic acids is 1. The molecule has 0 spiro atoms. The Bertz CT molecular complexity index is 653. The highest BCUT2D eigenvalue weighted by molar-refractivity contribution is 7.13. The van der Waals surface area contributed by atoms with Crippen LogP contribution in [0.3, 0.4) is 0 Å². The number of oxazole rings is 1. The van der Waals surface area contributed by atoms with Crippen LogP contribution in [0.5, 0.6) is 0 Å². The smallest absolute Gasteiger partial charge is 0.236 e. The van der Waals surface area contributed by atoms with Crippen LogP contribution in [0.25, 0.3) is 10.8 Å². The monoisotopic (exact) mass is 370 g/mol. The van der Waals surface area contributed by atoms with E-state index in [4.69, 9.17) is 4.42 Å². The Kier molecular flexibility index (Phi) is 6.79. The van der Waals surface area contributed by atoms with Gasteiger partial charge in [-0.1, -0.05) is 6.07 Å². The quantitative estimate of drug-likeness (QED) is 0.872. The number of nitrogens with zero attached hydrogens (tertiary/aromatic N) is 3. The van der Waals surface area contributed by atoms with Crippen LogP contribution in [0.15, 0.2) is 21.9 Å². The summed E-state index contributed by atoms with van der Waals surface area (Å²) in [5, 5.41) is 5.26. The molecular formula is C16H23ClN4O2S. The standard InChI is InChI=1S/C16H22N4O2S.ClH/c1-12-13(18-16(22-12)14-4-3-9-23-14)10-19(2)11-15(21)20-7-5-17-6-8-20;/h3-4,9,17H,5-8,10-11H2,1-2H3;1H. The average molecular weight is 371 g/mol. The summed E-state index contributed by atoms with van der Waals surface area (Å²) < 4.78 is 5.75. The molecule has 0 aliphatic carbocycles. The molecule has 1 saturated heterocycles. The maximum absolute atomic E-state index is 12.3. The van der Waals surface area contributed by atoms with Gasteiger partial charge in [-0.25, -0.2) is 4.98 Å². The van der Waals surface area contributed by atoms with E-state index >= 15 is 0 Å². The second-order valence-electron chi connectivity index (χ2n) is 5.80. The lowest BCUT2D eigenvalue weighted by Crippen LogP contribution is -2.49. The van der Waals surface area contributed by atoms with Gasteiger partial charge < -0.3 is 14.6 Å². The molecule has 1 N–H and O–H groups in total. The zero-order valence-electron chi connectivity index (χ0n) is 13.9. The number of piperazine rings is 1. The molecule has 0 saturated carbocycles. The molecule has 6 nitrogen and oxygen atoms in total. The summed E-state index contributed by atoms with van der Waals surface area (Å²) in [6.45, 7) is 6.27. The summed E-state index contributed by atoms with van der Waals surface area (Å²) in [4.78, 5) is 21.8. The van der Waals surface area contributed by atoms with Crippen LogP contribution in [0, 0.1) is 6.92 Å². The second kappa shape index (κ2) is 8.62. The number of halogens is 1. The van der Waals surface area contributed by atoms with Gasteiger partial charge in [0.25, 0.3) is 0 Å². The van der Waals surface area contributed by atoms with Crippen molar-refractivity contribution in [2.24, 2.45) is 0 Å². The lowest BCUT2D eigenvalue weighted by atomic mass is 10.3. The summed E-state index contributed by atoms with van der Waals surface area (Å²) >= 11 is 1.61. The first-order valence-electron chi connectivity index (χ1n) is 7.80. The van der Waals surface area contributed by atoms with E-state index in [0.717, 1.165) is 42.5 Å². The molecule has 24 heavy (non-hydrogen) atoms. The zero-order chi connectivity index (χ0) is 16.2. The molecule has 0 unspecified atom stereocenters. The Balaban J connectivity index is 0.00000208. The third-order valence-corrected chi connectivity index (χ3v) is 4.78. The van der Waals surface area contributed by atoms with Crippen molar-refractivity contribution in [3.63, 3.8) is 0 Å². The molecule has 8 heteroatoms. The minimum Gasteiger partial charge on any atom is -0.440 e. The molecule has 0 atom stereocenters. The minimum absolute atomic E-state index is 0. The second-order valence-corrected chi connectivity index (χ2v) is 6.75. The number of aryl methyl sites for hydroxylation is 1. The fourth-order valence-electron chi connectivity index (χ4n) is 2.64. The van der Waals surface area contributed by atoms with E-state index in [2.05, 4.69) is 10.3 Å². The molecule has 1 amide bonds. The maximum atomic E-state index is 12.3. The van der Waals surface area contributed by atoms with Gasteiger partial charge in [0.1, 0.15) is 5.76 Å². The Hall–Kier alpha value is -1.41. The molecular weight excluding hydrogens is 348 g/mol. The van der Waals surface area contributed by atoms with Crippen molar-refractivity contribution in [2.75, 3.05) is 39.8 Å². The fraction of sp³-hybridized carbons (Fsp3) is 0.500. The normalized spacial score (nSPS) is 14.7. The first kappa shape index (κ1) is 18.9. The number of carbonyl (C=O) groups is 1. The number of nitrogens with one attached hydrogen (secondary N) is 1. The van der Waals surface area contributed by atoms with Gasteiger partial charge in [0.05, 0.1) is 17.1 Å². The molecule has 1 aliphatic heterocycles. The van der Waals surface area contributed by atoms with Gasteiger partial charge >= 0.3 is 0 Å². The highest BCUT2D eigenvalue weighted by Gasteiger charge is 2.19. The SMILES string of the molecule is Cc1oc(-c2cccs2)nc1CN(C)CC(=O)N1CCNCC1.Cl. The van der Waals surface area contributed by atoms with Crippen LogP contribution in [-0.4, -0.2) is 60.5 Å². The first-order valence-corrected chi connectivity index (χ1v) is 8.68. The van der Waals surface area contributed by atoms with Crippen molar-refractivity contribution < 1.29 is 9.21 Å². The predicted molar refractivity (Wildman–Crippen MR) is 97.6 cm³/mol. The maximum Gasteiger partial charge on any atom is 0.236 e. The summed E-state index contributed by atoms with van der Waals surface area (Å²) in [5.41, 5.74) is 0.893. The Morgan fingerprint density at radius 3 is 2.88 bits per heavy atom. The van der Waals surface area contributed by atoms with Crippen molar-refractivity contribution in [3.8, 4) is 10.8 Å². The average Bonchev–Trinajstić information content (AvgIpc) is 3.18. The van der Waals surface area contributed by atoms with Crippen LogP contribution < -0.4 is 5.32 Å². The van der Waals surface area contributed by atoms with Gasteiger partial charge in [-0.2, -0.15) is 0 Å². The third-order valence-electron chi connectivity index (χ3n) is 3.92. The molecule has 132 valence electrons. The highest BCUT2D eigenvalue weighted by atomic mass is 35.5. The van der Waals surface area contributed by atoms with Crippen LogP contribution >= 0.6 is 23.7 Å². The van der Waals surface area contributed by atoms with Gasteiger partial charge in [0, 0.05) is 32.7 Å². The summed E-state index contributed by atoms with van der Waals surface area (Å²) in [6, 6.07) is 3.98. The number of hydrogen-bond acceptors (Lipinski definition) is 6. The van der Waals surface area contributed by atoms with E-state index in [-0.39, 0.29) is 18.3 Å². The zero-order valence-corrected chi connectivity index (χ0v) is 15.6. The van der Waals surface area contributed by atoms with Crippen LogP contribution in [-0.2, 0) is 11.3 Å².